The van der Waals surface area contributed by atoms with E-state index in [2.05, 4.69) is 19.2 Å². The van der Waals surface area contributed by atoms with Gasteiger partial charge in [0.1, 0.15) is 4.88 Å². The third kappa shape index (κ3) is 4.67. The lowest BCUT2D eigenvalue weighted by Crippen LogP contribution is -2.41. The number of hydrogen-bond acceptors (Lipinski definition) is 5. The summed E-state index contributed by atoms with van der Waals surface area (Å²) in [4.78, 5) is 40.7. The number of nitrogens with one attached hydrogen (secondary N) is 1. The summed E-state index contributed by atoms with van der Waals surface area (Å²) in [5, 5.41) is 2.82. The Bertz CT molecular complexity index is 921. The largest absolute Gasteiger partial charge is 0.451 e. The number of hydrogen-bond donors (Lipinski definition) is 1. The molecule has 3 rings (SSSR count). The van der Waals surface area contributed by atoms with Crippen LogP contribution in [0.5, 0.6) is 0 Å². The van der Waals surface area contributed by atoms with Crippen LogP contribution in [-0.4, -0.2) is 30.4 Å². The first-order valence-electron chi connectivity index (χ1n) is 9.94. The van der Waals surface area contributed by atoms with Crippen molar-refractivity contribution in [3.05, 3.63) is 45.6 Å². The molecule has 1 aromatic heterocycles. The Hall–Kier alpha value is -2.67. The first-order valence-corrected chi connectivity index (χ1v) is 10.8. The van der Waals surface area contributed by atoms with Crippen molar-refractivity contribution >= 4 is 40.5 Å². The summed E-state index contributed by atoms with van der Waals surface area (Å²) < 4.78 is 5.34. The Morgan fingerprint density at radius 3 is 2.76 bits per heavy atom. The highest BCUT2D eigenvalue weighted by molar-refractivity contribution is 7.14. The van der Waals surface area contributed by atoms with Gasteiger partial charge in [0.2, 0.25) is 5.91 Å². The molecular formula is C22H26N2O4S. The summed E-state index contributed by atoms with van der Waals surface area (Å²) in [6.07, 6.45) is 2.99. The minimum atomic E-state index is -0.481. The Labute approximate surface area is 174 Å². The van der Waals surface area contributed by atoms with Gasteiger partial charge in [-0.1, -0.05) is 32.4 Å². The van der Waals surface area contributed by atoms with Crippen LogP contribution in [0.15, 0.2) is 30.3 Å². The molecule has 2 heterocycles. The molecule has 2 amide bonds. The molecule has 1 aromatic carbocycles. The van der Waals surface area contributed by atoms with Crippen molar-refractivity contribution in [3.8, 4) is 0 Å². The van der Waals surface area contributed by atoms with Crippen LogP contribution in [0.3, 0.4) is 0 Å². The molecule has 7 heteroatoms. The lowest BCUT2D eigenvalue weighted by atomic mass is 10.1. The lowest BCUT2D eigenvalue weighted by Gasteiger charge is -2.27. The number of aryl methyl sites for hydroxylation is 2. The van der Waals surface area contributed by atoms with Crippen LogP contribution in [0.2, 0.25) is 0 Å². The maximum absolute atomic E-state index is 12.9. The average Bonchev–Trinajstić information content (AvgIpc) is 3.05. The quantitative estimate of drug-likeness (QED) is 0.720. The lowest BCUT2D eigenvalue weighted by molar-refractivity contribution is -0.122. The molecule has 154 valence electrons. The molecular weight excluding hydrogens is 388 g/mol. The fraction of sp³-hybridized carbons (Fsp3) is 0.409. The maximum Gasteiger partial charge on any atom is 0.348 e. The van der Waals surface area contributed by atoms with E-state index in [0.717, 1.165) is 24.8 Å². The molecule has 0 spiro atoms. The number of nitrogens with zero attached hydrogens (tertiary/aromatic N) is 1. The number of thiophene rings is 1. The van der Waals surface area contributed by atoms with Crippen molar-refractivity contribution in [2.75, 3.05) is 16.8 Å². The molecule has 29 heavy (non-hydrogen) atoms. The molecule has 1 N–H and O–H groups in total. The van der Waals surface area contributed by atoms with Gasteiger partial charge in [-0.15, -0.1) is 11.3 Å². The normalized spacial score (nSPS) is 16.0. The summed E-state index contributed by atoms with van der Waals surface area (Å²) >= 11 is 1.44. The van der Waals surface area contributed by atoms with Gasteiger partial charge in [0.25, 0.3) is 5.91 Å². The SMILES string of the molecule is CCCc1sc(C(=O)OCC(=O)N2c3ccccc3NC(=O)C[C@@H]2C)cc1CC. The van der Waals surface area contributed by atoms with Gasteiger partial charge in [-0.25, -0.2) is 4.79 Å². The van der Waals surface area contributed by atoms with Gasteiger partial charge in [0, 0.05) is 17.3 Å². The van der Waals surface area contributed by atoms with Crippen molar-refractivity contribution < 1.29 is 19.1 Å². The van der Waals surface area contributed by atoms with E-state index in [0.29, 0.717) is 16.3 Å². The minimum Gasteiger partial charge on any atom is -0.451 e. The second kappa shape index (κ2) is 9.22. The molecule has 1 atom stereocenters. The fourth-order valence-corrected chi connectivity index (χ4v) is 4.79. The molecule has 1 aliphatic rings. The van der Waals surface area contributed by atoms with Crippen molar-refractivity contribution in [3.63, 3.8) is 0 Å². The van der Waals surface area contributed by atoms with E-state index in [1.54, 1.807) is 18.2 Å². The monoisotopic (exact) mass is 414 g/mol. The number of rotatable bonds is 6. The van der Waals surface area contributed by atoms with Gasteiger partial charge in [-0.05, 0) is 43.5 Å². The van der Waals surface area contributed by atoms with E-state index in [-0.39, 0.29) is 30.9 Å². The smallest absolute Gasteiger partial charge is 0.348 e. The Morgan fingerprint density at radius 2 is 2.03 bits per heavy atom. The fourth-order valence-electron chi connectivity index (χ4n) is 3.54. The van der Waals surface area contributed by atoms with Crippen LogP contribution in [0, 0.1) is 0 Å². The molecule has 0 aliphatic carbocycles. The summed E-state index contributed by atoms with van der Waals surface area (Å²) in [6.45, 7) is 5.61. The second-order valence-corrected chi connectivity index (χ2v) is 8.26. The molecule has 0 unspecified atom stereocenters. The molecule has 0 saturated carbocycles. The molecule has 0 fully saturated rings. The Kier molecular flexibility index (Phi) is 6.69. The summed E-state index contributed by atoms with van der Waals surface area (Å²) in [7, 11) is 0. The van der Waals surface area contributed by atoms with Crippen LogP contribution in [0.25, 0.3) is 0 Å². The molecule has 1 aliphatic heterocycles. The van der Waals surface area contributed by atoms with E-state index >= 15 is 0 Å². The van der Waals surface area contributed by atoms with E-state index in [1.165, 1.54) is 21.1 Å². The number of esters is 1. The van der Waals surface area contributed by atoms with Crippen molar-refractivity contribution in [1.82, 2.24) is 0 Å². The third-order valence-electron chi connectivity index (χ3n) is 4.91. The summed E-state index contributed by atoms with van der Waals surface area (Å²) in [5.74, 6) is -0.979. The van der Waals surface area contributed by atoms with Crippen LogP contribution >= 0.6 is 11.3 Å². The van der Waals surface area contributed by atoms with E-state index in [1.807, 2.05) is 19.1 Å². The molecule has 0 saturated heterocycles. The Morgan fingerprint density at radius 1 is 1.28 bits per heavy atom. The third-order valence-corrected chi connectivity index (χ3v) is 6.13. The highest BCUT2D eigenvalue weighted by Crippen LogP contribution is 2.31. The number of anilines is 2. The standard InChI is InChI=1S/C22H26N2O4S/c1-4-8-18-15(5-2)12-19(29-18)22(27)28-13-21(26)24-14(3)11-20(25)23-16-9-6-7-10-17(16)24/h6-7,9-10,12,14H,4-5,8,11,13H2,1-3H3,(H,23,25)/t14-/m0/s1. The van der Waals surface area contributed by atoms with E-state index < -0.39 is 5.97 Å². The number of carbonyl (C=O) groups excluding carboxylic acids is 3. The summed E-state index contributed by atoms with van der Waals surface area (Å²) in [5.41, 5.74) is 2.35. The van der Waals surface area contributed by atoms with Crippen LogP contribution in [-0.2, 0) is 27.2 Å². The van der Waals surface area contributed by atoms with Gasteiger partial charge in [0.05, 0.1) is 11.4 Å². The van der Waals surface area contributed by atoms with Crippen LogP contribution in [0.4, 0.5) is 11.4 Å². The first kappa shape index (κ1) is 21.0. The average molecular weight is 415 g/mol. The highest BCUT2D eigenvalue weighted by atomic mass is 32.1. The number of para-hydroxylation sites is 2. The van der Waals surface area contributed by atoms with Crippen LogP contribution < -0.4 is 10.2 Å². The predicted octanol–water partition coefficient (Wildman–Crippen LogP) is 4.18. The zero-order chi connectivity index (χ0) is 21.0. The molecule has 6 nitrogen and oxygen atoms in total. The summed E-state index contributed by atoms with van der Waals surface area (Å²) in [6, 6.07) is 8.67. The predicted molar refractivity (Wildman–Crippen MR) is 115 cm³/mol. The van der Waals surface area contributed by atoms with Crippen molar-refractivity contribution in [2.45, 2.75) is 52.5 Å². The number of amides is 2. The molecule has 2 aromatic rings. The second-order valence-electron chi connectivity index (χ2n) is 7.12. The minimum absolute atomic E-state index is 0.147. The first-order chi connectivity index (χ1) is 13.9. The number of fused-ring (bicyclic) bond motifs is 1. The maximum atomic E-state index is 12.9. The van der Waals surface area contributed by atoms with Gasteiger partial charge in [-0.2, -0.15) is 0 Å². The van der Waals surface area contributed by atoms with Gasteiger partial charge >= 0.3 is 5.97 Å². The van der Waals surface area contributed by atoms with Crippen LogP contribution in [0.1, 0.15) is 53.7 Å². The molecule has 0 bridgehead atoms. The van der Waals surface area contributed by atoms with Gasteiger partial charge in [0.15, 0.2) is 6.61 Å². The Balaban J connectivity index is 1.73. The molecule has 0 radical (unpaired) electrons. The van der Waals surface area contributed by atoms with Gasteiger partial charge < -0.3 is 15.0 Å². The number of ether oxygens (including phenoxy) is 1. The topological polar surface area (TPSA) is 75.7 Å². The highest BCUT2D eigenvalue weighted by Gasteiger charge is 2.30. The number of carbonyl (C=O) groups is 3. The van der Waals surface area contributed by atoms with E-state index in [9.17, 15) is 14.4 Å². The zero-order valence-electron chi connectivity index (χ0n) is 17.0. The zero-order valence-corrected chi connectivity index (χ0v) is 17.8. The van der Waals surface area contributed by atoms with E-state index in [4.69, 9.17) is 4.74 Å². The van der Waals surface area contributed by atoms with Crippen molar-refractivity contribution in [1.29, 1.82) is 0 Å². The van der Waals surface area contributed by atoms with Gasteiger partial charge in [-0.3, -0.25) is 9.59 Å². The number of benzene rings is 1. The van der Waals surface area contributed by atoms with Crippen molar-refractivity contribution in [2.24, 2.45) is 0 Å².